The van der Waals surface area contributed by atoms with E-state index in [9.17, 15) is 22.8 Å². The molecule has 186 valence electrons. The van der Waals surface area contributed by atoms with Crippen molar-refractivity contribution in [2.75, 3.05) is 25.0 Å². The summed E-state index contributed by atoms with van der Waals surface area (Å²) < 4.78 is 43.6. The van der Waals surface area contributed by atoms with E-state index in [0.717, 1.165) is 24.3 Å². The van der Waals surface area contributed by atoms with Crippen molar-refractivity contribution in [3.8, 4) is 0 Å². The second kappa shape index (κ2) is 10.7. The molecule has 0 saturated heterocycles. The van der Waals surface area contributed by atoms with Gasteiger partial charge < -0.3 is 10.1 Å². The molecule has 0 fully saturated rings. The molecule has 0 spiro atoms. The summed E-state index contributed by atoms with van der Waals surface area (Å²) in [6, 6.07) is 10.7. The highest BCUT2D eigenvalue weighted by Crippen LogP contribution is 2.39. The molecule has 6 nitrogen and oxygen atoms in total. The van der Waals surface area contributed by atoms with Gasteiger partial charge in [0.2, 0.25) is 5.91 Å². The van der Waals surface area contributed by atoms with Crippen LogP contribution < -0.4 is 5.32 Å². The molecule has 2 aromatic carbocycles. The van der Waals surface area contributed by atoms with Gasteiger partial charge >= 0.3 is 12.1 Å². The van der Waals surface area contributed by atoms with Gasteiger partial charge in [-0.3, -0.25) is 14.6 Å². The summed E-state index contributed by atoms with van der Waals surface area (Å²) in [4.78, 5) is 25.8. The summed E-state index contributed by atoms with van der Waals surface area (Å²) in [6.45, 7) is 5.22. The first-order valence-corrected chi connectivity index (χ1v) is 11.3. The van der Waals surface area contributed by atoms with Crippen molar-refractivity contribution in [3.63, 3.8) is 0 Å². The van der Waals surface area contributed by atoms with Crippen molar-refractivity contribution in [3.05, 3.63) is 76.3 Å². The van der Waals surface area contributed by atoms with E-state index < -0.39 is 29.0 Å². The summed E-state index contributed by atoms with van der Waals surface area (Å²) in [5.41, 5.74) is -1.03. The Morgan fingerprint density at radius 2 is 1.80 bits per heavy atom. The number of halogens is 5. The Morgan fingerprint density at radius 1 is 1.17 bits per heavy atom. The lowest BCUT2D eigenvalue weighted by Gasteiger charge is -2.28. The number of nitrogens with zero attached hydrogens (tertiary/aromatic N) is 2. The topological polar surface area (TPSA) is 71.0 Å². The number of alkyl halides is 3. The van der Waals surface area contributed by atoms with Crippen molar-refractivity contribution in [2.24, 2.45) is 10.5 Å². The second-order valence-electron chi connectivity index (χ2n) is 7.90. The highest BCUT2D eigenvalue weighted by atomic mass is 35.5. The monoisotopic (exact) mass is 527 g/mol. The third-order valence-corrected chi connectivity index (χ3v) is 5.63. The molecule has 0 aromatic heterocycles. The van der Waals surface area contributed by atoms with Gasteiger partial charge in [-0.15, -0.1) is 0 Å². The van der Waals surface area contributed by atoms with Crippen molar-refractivity contribution in [1.82, 2.24) is 5.01 Å². The van der Waals surface area contributed by atoms with Gasteiger partial charge in [-0.25, -0.2) is 0 Å². The summed E-state index contributed by atoms with van der Waals surface area (Å²) in [7, 11) is 0. The number of nitrogens with one attached hydrogen (secondary N) is 1. The van der Waals surface area contributed by atoms with Crippen LogP contribution in [0.1, 0.15) is 24.5 Å². The fourth-order valence-corrected chi connectivity index (χ4v) is 4.12. The molecule has 1 aliphatic rings. The third-order valence-electron chi connectivity index (χ3n) is 5.25. The Bertz CT molecular complexity index is 1140. The average Bonchev–Trinajstić information content (AvgIpc) is 3.12. The molecule has 1 amide bonds. The van der Waals surface area contributed by atoms with Gasteiger partial charge in [0, 0.05) is 22.2 Å². The van der Waals surface area contributed by atoms with E-state index in [-0.39, 0.29) is 36.8 Å². The largest absolute Gasteiger partial charge is 0.465 e. The molecule has 2 aromatic rings. The Labute approximate surface area is 210 Å². The van der Waals surface area contributed by atoms with E-state index in [1.54, 1.807) is 31.2 Å². The molecule has 1 unspecified atom stereocenters. The zero-order valence-corrected chi connectivity index (χ0v) is 20.2. The Balaban J connectivity index is 1.86. The highest BCUT2D eigenvalue weighted by Gasteiger charge is 2.51. The Kier molecular flexibility index (Phi) is 8.12. The third kappa shape index (κ3) is 6.35. The van der Waals surface area contributed by atoms with Crippen LogP contribution in [0.5, 0.6) is 0 Å². The van der Waals surface area contributed by atoms with Crippen molar-refractivity contribution < 1.29 is 27.5 Å². The number of hydrazone groups is 1. The maximum absolute atomic E-state index is 13.1. The minimum Gasteiger partial charge on any atom is -0.465 e. The van der Waals surface area contributed by atoms with Crippen LogP contribution in [-0.4, -0.2) is 42.3 Å². The fourth-order valence-electron chi connectivity index (χ4n) is 3.77. The van der Waals surface area contributed by atoms with Gasteiger partial charge in [0.05, 0.1) is 24.4 Å². The second-order valence-corrected chi connectivity index (χ2v) is 8.87. The SMILES string of the molecule is C=C(Cl)CC1(C(=O)OCC)CN(CC(=O)Nc2ccc(C(F)(F)F)cc2)N=C1c1ccc(Cl)cc1. The predicted molar refractivity (Wildman–Crippen MR) is 128 cm³/mol. The zero-order valence-electron chi connectivity index (χ0n) is 18.7. The van der Waals surface area contributed by atoms with E-state index in [4.69, 9.17) is 27.9 Å². The van der Waals surface area contributed by atoms with Crippen LogP contribution >= 0.6 is 23.2 Å². The van der Waals surface area contributed by atoms with Crippen LogP contribution in [-0.2, 0) is 20.5 Å². The molecule has 1 atom stereocenters. The lowest BCUT2D eigenvalue weighted by molar-refractivity contribution is -0.151. The standard InChI is InChI=1S/C24H22Cl2F3N3O3/c1-3-35-22(34)23(12-15(2)25)14-32(31-21(23)16-4-8-18(26)9-5-16)13-20(33)30-19-10-6-17(7-11-19)24(27,28)29/h4-11H,2-3,12-14H2,1H3,(H,30,33). The first-order chi connectivity index (χ1) is 16.4. The number of allylic oxidation sites excluding steroid dienone is 1. The van der Waals surface area contributed by atoms with Crippen molar-refractivity contribution in [1.29, 1.82) is 0 Å². The molecule has 35 heavy (non-hydrogen) atoms. The molecule has 1 N–H and O–H groups in total. The van der Waals surface area contributed by atoms with E-state index in [1.807, 2.05) is 0 Å². The molecule has 0 bridgehead atoms. The number of esters is 1. The van der Waals surface area contributed by atoms with Gasteiger partial charge in [0.1, 0.15) is 12.0 Å². The molecule has 0 saturated carbocycles. The first kappa shape index (κ1) is 26.6. The number of benzene rings is 2. The van der Waals surface area contributed by atoms with E-state index >= 15 is 0 Å². The zero-order chi connectivity index (χ0) is 25.8. The Morgan fingerprint density at radius 3 is 2.34 bits per heavy atom. The molecule has 0 aliphatic carbocycles. The van der Waals surface area contributed by atoms with E-state index in [0.29, 0.717) is 16.3 Å². The number of hydrogen-bond acceptors (Lipinski definition) is 5. The average molecular weight is 528 g/mol. The number of carbonyl (C=O) groups excluding carboxylic acids is 2. The van der Waals surface area contributed by atoms with Crippen LogP contribution in [0, 0.1) is 5.41 Å². The quantitative estimate of drug-likeness (QED) is 0.446. The lowest BCUT2D eigenvalue weighted by Crippen LogP contribution is -2.44. The van der Waals surface area contributed by atoms with Crippen LogP contribution in [0.25, 0.3) is 0 Å². The highest BCUT2D eigenvalue weighted by molar-refractivity contribution is 6.31. The van der Waals surface area contributed by atoms with Crippen LogP contribution in [0.15, 0.2) is 65.2 Å². The molecular formula is C24H22Cl2F3N3O3. The first-order valence-electron chi connectivity index (χ1n) is 10.5. The molecule has 0 radical (unpaired) electrons. The Hall–Kier alpha value is -3.04. The summed E-state index contributed by atoms with van der Waals surface area (Å²) in [6.07, 6.45) is -4.46. The maximum atomic E-state index is 13.1. The minimum atomic E-state index is -4.48. The molecule has 1 aliphatic heterocycles. The van der Waals surface area contributed by atoms with Gasteiger partial charge in [-0.2, -0.15) is 18.3 Å². The van der Waals surface area contributed by atoms with Crippen LogP contribution in [0.4, 0.5) is 18.9 Å². The van der Waals surface area contributed by atoms with Gasteiger partial charge in [0.25, 0.3) is 0 Å². The van der Waals surface area contributed by atoms with E-state index in [2.05, 4.69) is 17.0 Å². The van der Waals surface area contributed by atoms with Crippen LogP contribution in [0.3, 0.4) is 0 Å². The fraction of sp³-hybridized carbons (Fsp3) is 0.292. The van der Waals surface area contributed by atoms with E-state index in [1.165, 1.54) is 5.01 Å². The molecule has 3 rings (SSSR count). The van der Waals surface area contributed by atoms with Gasteiger partial charge in [0.15, 0.2) is 0 Å². The predicted octanol–water partition coefficient (Wildman–Crippen LogP) is 5.71. The van der Waals surface area contributed by atoms with Crippen molar-refractivity contribution in [2.45, 2.75) is 19.5 Å². The molecular weight excluding hydrogens is 506 g/mol. The lowest BCUT2D eigenvalue weighted by atomic mass is 9.77. The summed E-state index contributed by atoms with van der Waals surface area (Å²) in [5, 5.41) is 9.14. The number of ether oxygens (including phenoxy) is 1. The van der Waals surface area contributed by atoms with Gasteiger partial charge in [-0.1, -0.05) is 41.9 Å². The number of rotatable bonds is 8. The molecule has 11 heteroatoms. The minimum absolute atomic E-state index is 0.0179. The number of anilines is 1. The summed E-state index contributed by atoms with van der Waals surface area (Å²) in [5.74, 6) is -1.10. The smallest absolute Gasteiger partial charge is 0.416 e. The van der Waals surface area contributed by atoms with Gasteiger partial charge in [-0.05, 0) is 48.9 Å². The maximum Gasteiger partial charge on any atom is 0.416 e. The summed E-state index contributed by atoms with van der Waals surface area (Å²) >= 11 is 12.1. The van der Waals surface area contributed by atoms with Crippen LogP contribution in [0.2, 0.25) is 5.02 Å². The number of amides is 1. The number of carbonyl (C=O) groups is 2. The molecule has 1 heterocycles. The number of hydrogen-bond donors (Lipinski definition) is 1. The van der Waals surface area contributed by atoms with Crippen molar-refractivity contribution >= 4 is 46.5 Å². The normalized spacial score (nSPS) is 17.7.